The summed E-state index contributed by atoms with van der Waals surface area (Å²) in [5.41, 5.74) is 0. The Hall–Kier alpha value is -0.160. The third kappa shape index (κ3) is 5.03. The van der Waals surface area contributed by atoms with Crippen LogP contribution in [0.4, 0.5) is 0 Å². The molecule has 0 spiro atoms. The molecule has 0 saturated carbocycles. The Bertz CT molecular complexity index is 254. The molecular formula is C15H31N3O. The van der Waals surface area contributed by atoms with Crippen molar-refractivity contribution in [3.8, 4) is 0 Å². The number of hydrogen-bond donors (Lipinski definition) is 2. The third-order valence-corrected chi connectivity index (χ3v) is 4.31. The molecule has 2 aliphatic rings. The summed E-state index contributed by atoms with van der Waals surface area (Å²) in [6.07, 6.45) is 3.80. The van der Waals surface area contributed by atoms with Gasteiger partial charge in [-0.05, 0) is 51.4 Å². The molecule has 2 rings (SSSR count). The second kappa shape index (κ2) is 7.58. The molecule has 2 atom stereocenters. The molecule has 2 N–H and O–H groups in total. The van der Waals surface area contributed by atoms with Crippen LogP contribution in [0.25, 0.3) is 0 Å². The first-order valence-corrected chi connectivity index (χ1v) is 8.00. The smallest absolute Gasteiger partial charge is 0.0791 e. The zero-order valence-corrected chi connectivity index (χ0v) is 12.6. The van der Waals surface area contributed by atoms with E-state index in [9.17, 15) is 5.11 Å². The van der Waals surface area contributed by atoms with Crippen molar-refractivity contribution in [3.63, 3.8) is 0 Å². The highest BCUT2D eigenvalue weighted by Crippen LogP contribution is 2.20. The van der Waals surface area contributed by atoms with Gasteiger partial charge < -0.3 is 10.4 Å². The highest BCUT2D eigenvalue weighted by atomic mass is 16.3. The molecule has 19 heavy (non-hydrogen) atoms. The lowest BCUT2D eigenvalue weighted by molar-refractivity contribution is 0.117. The van der Waals surface area contributed by atoms with Crippen LogP contribution in [0.5, 0.6) is 0 Å². The van der Waals surface area contributed by atoms with Gasteiger partial charge in [0.1, 0.15) is 0 Å². The van der Waals surface area contributed by atoms with Crippen LogP contribution in [0.1, 0.15) is 33.1 Å². The van der Waals surface area contributed by atoms with Crippen LogP contribution in [-0.4, -0.2) is 72.9 Å². The lowest BCUT2D eigenvalue weighted by atomic mass is 10.2. The molecule has 0 aromatic heterocycles. The van der Waals surface area contributed by atoms with Crippen molar-refractivity contribution in [1.29, 1.82) is 0 Å². The minimum atomic E-state index is -0.226. The first-order valence-electron chi connectivity index (χ1n) is 8.00. The van der Waals surface area contributed by atoms with E-state index in [1.54, 1.807) is 0 Å². The van der Waals surface area contributed by atoms with E-state index in [-0.39, 0.29) is 6.10 Å². The van der Waals surface area contributed by atoms with Gasteiger partial charge >= 0.3 is 0 Å². The van der Waals surface area contributed by atoms with Crippen LogP contribution < -0.4 is 5.32 Å². The Morgan fingerprint density at radius 1 is 1.16 bits per heavy atom. The molecule has 4 nitrogen and oxygen atoms in total. The van der Waals surface area contributed by atoms with E-state index >= 15 is 0 Å². The van der Waals surface area contributed by atoms with E-state index in [1.165, 1.54) is 32.4 Å². The normalized spacial score (nSPS) is 27.5. The average molecular weight is 269 g/mol. The molecule has 2 aliphatic heterocycles. The summed E-state index contributed by atoms with van der Waals surface area (Å²) in [5, 5.41) is 13.4. The summed E-state index contributed by atoms with van der Waals surface area (Å²) in [6, 6.07) is 0.748. The zero-order valence-electron chi connectivity index (χ0n) is 12.6. The summed E-state index contributed by atoms with van der Waals surface area (Å²) >= 11 is 0. The fourth-order valence-corrected chi connectivity index (χ4v) is 3.28. The lowest BCUT2D eigenvalue weighted by Gasteiger charge is -2.25. The van der Waals surface area contributed by atoms with Gasteiger partial charge in [-0.25, -0.2) is 0 Å². The van der Waals surface area contributed by atoms with Crippen LogP contribution in [0, 0.1) is 5.92 Å². The molecule has 2 fully saturated rings. The van der Waals surface area contributed by atoms with Crippen LogP contribution in [-0.2, 0) is 0 Å². The maximum Gasteiger partial charge on any atom is 0.0791 e. The van der Waals surface area contributed by atoms with Crippen LogP contribution >= 0.6 is 0 Å². The SMILES string of the molecule is CC(C)CNCC(O)CN1CCC(N2CCCC2)C1. The van der Waals surface area contributed by atoms with Gasteiger partial charge in [-0.1, -0.05) is 13.8 Å². The van der Waals surface area contributed by atoms with Gasteiger partial charge in [0.25, 0.3) is 0 Å². The number of nitrogens with one attached hydrogen (secondary N) is 1. The summed E-state index contributed by atoms with van der Waals surface area (Å²) < 4.78 is 0. The van der Waals surface area contributed by atoms with Crippen molar-refractivity contribution in [1.82, 2.24) is 15.1 Å². The number of aliphatic hydroxyl groups excluding tert-OH is 1. The molecule has 0 aliphatic carbocycles. The highest BCUT2D eigenvalue weighted by molar-refractivity contribution is 4.86. The van der Waals surface area contributed by atoms with E-state index in [0.29, 0.717) is 5.92 Å². The Balaban J connectivity index is 1.61. The summed E-state index contributed by atoms with van der Waals surface area (Å²) in [7, 11) is 0. The van der Waals surface area contributed by atoms with Gasteiger partial charge in [-0.15, -0.1) is 0 Å². The first-order chi connectivity index (χ1) is 9.15. The Labute approximate surface area is 118 Å². The number of rotatable bonds is 7. The Kier molecular flexibility index (Phi) is 6.07. The number of aliphatic hydroxyl groups is 1. The Morgan fingerprint density at radius 3 is 2.58 bits per heavy atom. The summed E-state index contributed by atoms with van der Waals surface area (Å²) in [5.74, 6) is 0.651. The van der Waals surface area contributed by atoms with E-state index in [0.717, 1.165) is 38.8 Å². The molecule has 0 amide bonds. The average Bonchev–Trinajstić information content (AvgIpc) is 2.97. The van der Waals surface area contributed by atoms with Gasteiger partial charge in [0.05, 0.1) is 6.10 Å². The zero-order chi connectivity index (χ0) is 13.7. The minimum Gasteiger partial charge on any atom is -0.390 e. The van der Waals surface area contributed by atoms with Gasteiger partial charge in [0, 0.05) is 25.7 Å². The van der Waals surface area contributed by atoms with Crippen LogP contribution in [0.15, 0.2) is 0 Å². The quantitative estimate of drug-likeness (QED) is 0.716. The predicted octanol–water partition coefficient (Wildman–Crippen LogP) is 0.763. The van der Waals surface area contributed by atoms with Gasteiger partial charge in [-0.2, -0.15) is 0 Å². The maximum atomic E-state index is 10.1. The molecule has 2 heterocycles. The van der Waals surface area contributed by atoms with Crippen molar-refractivity contribution in [2.24, 2.45) is 5.92 Å². The number of likely N-dealkylation sites (tertiary alicyclic amines) is 2. The third-order valence-electron chi connectivity index (χ3n) is 4.31. The fraction of sp³-hybridized carbons (Fsp3) is 1.00. The molecule has 2 unspecified atom stereocenters. The molecule has 0 bridgehead atoms. The maximum absolute atomic E-state index is 10.1. The van der Waals surface area contributed by atoms with E-state index in [2.05, 4.69) is 29.0 Å². The van der Waals surface area contributed by atoms with Crippen LogP contribution in [0.3, 0.4) is 0 Å². The summed E-state index contributed by atoms with van der Waals surface area (Å²) in [4.78, 5) is 5.08. The standard InChI is InChI=1S/C15H31N3O/c1-13(2)9-16-10-15(19)12-17-8-5-14(11-17)18-6-3-4-7-18/h13-16,19H,3-12H2,1-2H3. The molecular weight excluding hydrogens is 238 g/mol. The van der Waals surface area contributed by atoms with Crippen molar-refractivity contribution in [3.05, 3.63) is 0 Å². The van der Waals surface area contributed by atoms with E-state index < -0.39 is 0 Å². The molecule has 112 valence electrons. The minimum absolute atomic E-state index is 0.226. The van der Waals surface area contributed by atoms with Crippen molar-refractivity contribution in [2.45, 2.75) is 45.3 Å². The lowest BCUT2D eigenvalue weighted by Crippen LogP contribution is -2.40. The topological polar surface area (TPSA) is 38.7 Å². The van der Waals surface area contributed by atoms with Gasteiger partial charge in [-0.3, -0.25) is 9.80 Å². The first kappa shape index (κ1) is 15.2. The summed E-state index contributed by atoms with van der Waals surface area (Å²) in [6.45, 7) is 11.8. The molecule has 0 radical (unpaired) electrons. The van der Waals surface area contributed by atoms with Gasteiger partial charge in [0.15, 0.2) is 0 Å². The van der Waals surface area contributed by atoms with Crippen molar-refractivity contribution in [2.75, 3.05) is 45.8 Å². The van der Waals surface area contributed by atoms with Crippen molar-refractivity contribution < 1.29 is 5.11 Å². The number of hydrogen-bond acceptors (Lipinski definition) is 4. The van der Waals surface area contributed by atoms with Crippen molar-refractivity contribution >= 4 is 0 Å². The molecule has 4 heteroatoms. The fourth-order valence-electron chi connectivity index (χ4n) is 3.28. The van der Waals surface area contributed by atoms with Crippen LogP contribution in [0.2, 0.25) is 0 Å². The van der Waals surface area contributed by atoms with E-state index in [1.807, 2.05) is 0 Å². The molecule has 0 aromatic rings. The second-order valence-electron chi connectivity index (χ2n) is 6.65. The predicted molar refractivity (Wildman–Crippen MR) is 79.4 cm³/mol. The molecule has 0 aromatic carbocycles. The monoisotopic (exact) mass is 269 g/mol. The second-order valence-corrected chi connectivity index (χ2v) is 6.65. The highest BCUT2D eigenvalue weighted by Gasteiger charge is 2.29. The number of β-amino-alcohol motifs (C(OH)–C–C–N with tert-alkyl or cyclic N) is 1. The molecule has 2 saturated heterocycles. The number of nitrogens with zero attached hydrogens (tertiary/aromatic N) is 2. The largest absolute Gasteiger partial charge is 0.390 e. The van der Waals surface area contributed by atoms with Gasteiger partial charge in [0.2, 0.25) is 0 Å². The van der Waals surface area contributed by atoms with E-state index in [4.69, 9.17) is 0 Å². The Morgan fingerprint density at radius 2 is 1.89 bits per heavy atom.